The van der Waals surface area contributed by atoms with Crippen LogP contribution in [0.3, 0.4) is 0 Å². The van der Waals surface area contributed by atoms with E-state index < -0.39 is 24.0 Å². The topological polar surface area (TPSA) is 114 Å². The molecule has 0 saturated carbocycles. The molecular weight excluding hydrogens is 274 g/mol. The summed E-state index contributed by atoms with van der Waals surface area (Å²) in [5, 5.41) is 2.77. The fraction of sp³-hybridized carbons (Fsp3) is 0.214. The van der Waals surface area contributed by atoms with E-state index in [0.29, 0.717) is 0 Å². The van der Waals surface area contributed by atoms with Crippen molar-refractivity contribution in [3.63, 3.8) is 0 Å². The summed E-state index contributed by atoms with van der Waals surface area (Å²) in [6.45, 7) is 1.37. The molecular formula is C14H15N3O4. The maximum atomic E-state index is 11.8. The average molecular weight is 289 g/mol. The van der Waals surface area contributed by atoms with Gasteiger partial charge in [0.05, 0.1) is 6.42 Å². The van der Waals surface area contributed by atoms with Crippen molar-refractivity contribution in [1.82, 2.24) is 10.3 Å². The zero-order chi connectivity index (χ0) is 15.4. The normalized spacial score (nSPS) is 11.9. The van der Waals surface area contributed by atoms with Crippen LogP contribution in [-0.2, 0) is 20.7 Å². The number of hydrogen-bond donors (Lipinski definition) is 3. The van der Waals surface area contributed by atoms with Crippen molar-refractivity contribution in [1.29, 1.82) is 0 Å². The van der Waals surface area contributed by atoms with E-state index in [1.165, 1.54) is 6.92 Å². The molecule has 7 nitrogen and oxygen atoms in total. The Morgan fingerprint density at radius 3 is 2.76 bits per heavy atom. The largest absolute Gasteiger partial charge is 0.452 e. The number of rotatable bonds is 4. The number of imide groups is 1. The Balaban J connectivity index is 1.98. The van der Waals surface area contributed by atoms with Gasteiger partial charge in [0.15, 0.2) is 6.10 Å². The van der Waals surface area contributed by atoms with E-state index >= 15 is 0 Å². The van der Waals surface area contributed by atoms with E-state index in [1.54, 1.807) is 6.20 Å². The lowest BCUT2D eigenvalue weighted by molar-refractivity contribution is -0.153. The highest BCUT2D eigenvalue weighted by atomic mass is 16.5. The van der Waals surface area contributed by atoms with E-state index in [2.05, 4.69) is 4.98 Å². The number of esters is 1. The quantitative estimate of drug-likeness (QED) is 0.723. The Morgan fingerprint density at radius 2 is 2.05 bits per heavy atom. The van der Waals surface area contributed by atoms with E-state index in [9.17, 15) is 14.4 Å². The van der Waals surface area contributed by atoms with Gasteiger partial charge >= 0.3 is 12.0 Å². The molecule has 0 aliphatic rings. The van der Waals surface area contributed by atoms with Crippen LogP contribution < -0.4 is 11.1 Å². The molecule has 2 rings (SSSR count). The van der Waals surface area contributed by atoms with Gasteiger partial charge in [0.1, 0.15) is 0 Å². The van der Waals surface area contributed by atoms with Gasteiger partial charge in [-0.25, -0.2) is 4.79 Å². The molecule has 0 aliphatic carbocycles. The molecule has 1 heterocycles. The molecule has 1 aromatic heterocycles. The van der Waals surface area contributed by atoms with E-state index in [0.717, 1.165) is 16.5 Å². The molecule has 0 radical (unpaired) electrons. The fourth-order valence-corrected chi connectivity index (χ4v) is 1.95. The van der Waals surface area contributed by atoms with Crippen molar-refractivity contribution in [2.45, 2.75) is 19.4 Å². The zero-order valence-electron chi connectivity index (χ0n) is 11.4. The van der Waals surface area contributed by atoms with Crippen LogP contribution in [0, 0.1) is 0 Å². The number of nitrogens with one attached hydrogen (secondary N) is 2. The highest BCUT2D eigenvalue weighted by Gasteiger charge is 2.19. The van der Waals surface area contributed by atoms with Gasteiger partial charge in [-0.1, -0.05) is 18.2 Å². The van der Waals surface area contributed by atoms with Crippen molar-refractivity contribution in [3.05, 3.63) is 36.0 Å². The van der Waals surface area contributed by atoms with Gasteiger partial charge in [0.2, 0.25) is 0 Å². The van der Waals surface area contributed by atoms with Crippen LogP contribution in [0.25, 0.3) is 10.9 Å². The number of carbonyl (C=O) groups excluding carboxylic acids is 3. The number of benzene rings is 1. The van der Waals surface area contributed by atoms with Crippen molar-refractivity contribution < 1.29 is 19.1 Å². The van der Waals surface area contributed by atoms with Gasteiger partial charge < -0.3 is 15.5 Å². The zero-order valence-corrected chi connectivity index (χ0v) is 11.4. The first-order valence-corrected chi connectivity index (χ1v) is 6.32. The lowest BCUT2D eigenvalue weighted by Gasteiger charge is -2.11. The summed E-state index contributed by atoms with van der Waals surface area (Å²) in [4.78, 5) is 36.8. The number of aromatic amines is 1. The highest BCUT2D eigenvalue weighted by molar-refractivity contribution is 5.96. The Morgan fingerprint density at radius 1 is 1.33 bits per heavy atom. The minimum Gasteiger partial charge on any atom is -0.452 e. The smallest absolute Gasteiger partial charge is 0.318 e. The molecule has 3 amide bonds. The Hall–Kier alpha value is -2.83. The number of aromatic nitrogens is 1. The maximum Gasteiger partial charge on any atom is 0.318 e. The minimum atomic E-state index is -1.09. The van der Waals surface area contributed by atoms with Crippen molar-refractivity contribution in [2.75, 3.05) is 0 Å². The molecule has 21 heavy (non-hydrogen) atoms. The van der Waals surface area contributed by atoms with Gasteiger partial charge in [-0.3, -0.25) is 14.9 Å². The number of para-hydroxylation sites is 1. The molecule has 0 bridgehead atoms. The fourth-order valence-electron chi connectivity index (χ4n) is 1.95. The third-order valence-corrected chi connectivity index (χ3v) is 2.93. The number of H-pyrrole nitrogens is 1. The van der Waals surface area contributed by atoms with Gasteiger partial charge in [0.25, 0.3) is 5.91 Å². The first-order valence-electron chi connectivity index (χ1n) is 6.32. The summed E-state index contributed by atoms with van der Waals surface area (Å²) in [5.41, 5.74) is 6.51. The van der Waals surface area contributed by atoms with Crippen molar-refractivity contribution in [3.8, 4) is 0 Å². The highest BCUT2D eigenvalue weighted by Crippen LogP contribution is 2.18. The summed E-state index contributed by atoms with van der Waals surface area (Å²) in [6, 6.07) is 6.55. The summed E-state index contributed by atoms with van der Waals surface area (Å²) in [7, 11) is 0. The predicted molar refractivity (Wildman–Crippen MR) is 75.3 cm³/mol. The number of carbonyl (C=O) groups is 3. The first kappa shape index (κ1) is 14.6. The van der Waals surface area contributed by atoms with Gasteiger partial charge in [-0.15, -0.1) is 0 Å². The summed E-state index contributed by atoms with van der Waals surface area (Å²) in [5.74, 6) is -1.32. The molecule has 4 N–H and O–H groups in total. The van der Waals surface area contributed by atoms with Crippen LogP contribution in [0.5, 0.6) is 0 Å². The Labute approximate surface area is 120 Å². The summed E-state index contributed by atoms with van der Waals surface area (Å²) < 4.78 is 4.96. The number of ether oxygens (including phenoxy) is 1. The average Bonchev–Trinajstić information content (AvgIpc) is 2.81. The monoisotopic (exact) mass is 289 g/mol. The number of fused-ring (bicyclic) bond motifs is 1. The second-order valence-electron chi connectivity index (χ2n) is 4.52. The summed E-state index contributed by atoms with van der Waals surface area (Å²) in [6.07, 6.45) is 0.661. The number of primary amides is 1. The predicted octanol–water partition coefficient (Wildman–Crippen LogP) is 0.837. The Bertz CT molecular complexity index is 692. The number of hydrogen-bond acceptors (Lipinski definition) is 4. The van der Waals surface area contributed by atoms with Crippen LogP contribution in [0.15, 0.2) is 30.5 Å². The Kier molecular flexibility index (Phi) is 4.22. The summed E-state index contributed by atoms with van der Waals surface area (Å²) >= 11 is 0. The number of amides is 3. The molecule has 1 unspecified atom stereocenters. The third-order valence-electron chi connectivity index (χ3n) is 2.93. The lowest BCUT2D eigenvalue weighted by atomic mass is 10.1. The number of nitrogens with two attached hydrogens (primary N) is 1. The van der Waals surface area contributed by atoms with Gasteiger partial charge in [0, 0.05) is 17.1 Å². The van der Waals surface area contributed by atoms with Crippen LogP contribution in [0.2, 0.25) is 0 Å². The van der Waals surface area contributed by atoms with E-state index in [-0.39, 0.29) is 6.42 Å². The molecule has 0 saturated heterocycles. The van der Waals surface area contributed by atoms with Crippen LogP contribution in [0.4, 0.5) is 4.79 Å². The lowest BCUT2D eigenvalue weighted by Crippen LogP contribution is -2.42. The third kappa shape index (κ3) is 3.59. The van der Waals surface area contributed by atoms with Crippen molar-refractivity contribution in [2.24, 2.45) is 5.73 Å². The van der Waals surface area contributed by atoms with Gasteiger partial charge in [-0.05, 0) is 18.6 Å². The standard InChI is InChI=1S/C14H15N3O4/c1-8(13(19)17-14(15)20)21-12(18)6-9-7-16-11-5-3-2-4-10(9)11/h2-5,7-8,16H,6H2,1H3,(H3,15,17,19,20). The molecule has 0 fully saturated rings. The SMILES string of the molecule is CC(OC(=O)Cc1c[nH]c2ccccc12)C(=O)NC(N)=O. The van der Waals surface area contributed by atoms with E-state index in [1.807, 2.05) is 29.6 Å². The van der Waals surface area contributed by atoms with Gasteiger partial charge in [-0.2, -0.15) is 0 Å². The number of urea groups is 1. The molecule has 1 atom stereocenters. The van der Waals surface area contributed by atoms with E-state index in [4.69, 9.17) is 10.5 Å². The first-order chi connectivity index (χ1) is 9.97. The van der Waals surface area contributed by atoms with Crippen molar-refractivity contribution >= 4 is 28.8 Å². The van der Waals surface area contributed by atoms with Crippen LogP contribution in [0.1, 0.15) is 12.5 Å². The maximum absolute atomic E-state index is 11.8. The molecule has 2 aromatic rings. The molecule has 0 aliphatic heterocycles. The molecule has 1 aromatic carbocycles. The molecule has 0 spiro atoms. The molecule has 7 heteroatoms. The molecule has 110 valence electrons. The second kappa shape index (κ2) is 6.08. The second-order valence-corrected chi connectivity index (χ2v) is 4.52. The van der Waals surface area contributed by atoms with Crippen LogP contribution >= 0.6 is 0 Å². The minimum absolute atomic E-state index is 0.0260. The van der Waals surface area contributed by atoms with Crippen LogP contribution in [-0.4, -0.2) is 29.0 Å².